The maximum Gasteiger partial charge on any atom is 0.325 e. The number of nitrogens with one attached hydrogen (secondary N) is 4. The van der Waals surface area contributed by atoms with E-state index in [0.29, 0.717) is 17.0 Å². The number of halogens is 1. The van der Waals surface area contributed by atoms with E-state index in [0.717, 1.165) is 6.07 Å². The molecule has 0 radical (unpaired) electrons. The second kappa shape index (κ2) is 8.60. The van der Waals surface area contributed by atoms with E-state index in [4.69, 9.17) is 4.42 Å². The molecule has 0 unspecified atom stereocenters. The summed E-state index contributed by atoms with van der Waals surface area (Å²) >= 11 is 0. The number of carbonyl (C=O) groups is 2. The van der Waals surface area contributed by atoms with Gasteiger partial charge >= 0.3 is 5.69 Å². The highest BCUT2D eigenvalue weighted by atomic mass is 19.1. The number of rotatable bonds is 6. The highest BCUT2D eigenvalue weighted by Crippen LogP contribution is 2.21. The molecule has 3 rings (SSSR count). The van der Waals surface area contributed by atoms with Crippen LogP contribution >= 0.6 is 0 Å². The van der Waals surface area contributed by atoms with Gasteiger partial charge in [0.25, 0.3) is 11.5 Å². The minimum Gasteiger partial charge on any atom is -0.469 e. The quantitative estimate of drug-likeness (QED) is 0.490. The monoisotopic (exact) mass is 414 g/mol. The average molecular weight is 414 g/mol. The first-order chi connectivity index (χ1) is 14.2. The van der Waals surface area contributed by atoms with Crippen LogP contribution in [-0.4, -0.2) is 21.8 Å². The van der Waals surface area contributed by atoms with Crippen LogP contribution in [0.4, 0.5) is 15.8 Å². The number of aryl methyl sites for hydroxylation is 2. The summed E-state index contributed by atoms with van der Waals surface area (Å²) in [5, 5.41) is 5.03. The molecule has 0 fully saturated rings. The number of hydrogen-bond acceptors (Lipinski definition) is 5. The van der Waals surface area contributed by atoms with Gasteiger partial charge in [-0.2, -0.15) is 0 Å². The molecule has 10 heteroatoms. The van der Waals surface area contributed by atoms with Crippen molar-refractivity contribution in [2.24, 2.45) is 0 Å². The molecule has 3 aromatic rings. The van der Waals surface area contributed by atoms with Crippen LogP contribution in [0.15, 0.2) is 44.5 Å². The van der Waals surface area contributed by atoms with Crippen LogP contribution in [0.2, 0.25) is 0 Å². The summed E-state index contributed by atoms with van der Waals surface area (Å²) in [6, 6.07) is 5.22. The van der Waals surface area contributed by atoms with Crippen molar-refractivity contribution in [3.05, 3.63) is 79.8 Å². The fraction of sp³-hybridized carbons (Fsp3) is 0.200. The molecule has 1 aromatic carbocycles. The minimum absolute atomic E-state index is 0.0384. The van der Waals surface area contributed by atoms with Crippen molar-refractivity contribution >= 4 is 23.2 Å². The van der Waals surface area contributed by atoms with E-state index in [2.05, 4.69) is 20.6 Å². The van der Waals surface area contributed by atoms with Gasteiger partial charge in [0.15, 0.2) is 0 Å². The molecule has 2 heterocycles. The van der Waals surface area contributed by atoms with Gasteiger partial charge in [-0.25, -0.2) is 9.18 Å². The van der Waals surface area contributed by atoms with Crippen molar-refractivity contribution in [2.45, 2.75) is 26.7 Å². The number of aromatic nitrogens is 2. The van der Waals surface area contributed by atoms with Crippen LogP contribution in [0.5, 0.6) is 0 Å². The van der Waals surface area contributed by atoms with Crippen molar-refractivity contribution in [3.63, 3.8) is 0 Å². The lowest BCUT2D eigenvalue weighted by Crippen LogP contribution is -2.27. The van der Waals surface area contributed by atoms with Crippen LogP contribution in [0.25, 0.3) is 0 Å². The van der Waals surface area contributed by atoms with Gasteiger partial charge in [0, 0.05) is 23.4 Å². The highest BCUT2D eigenvalue weighted by Gasteiger charge is 2.15. The largest absolute Gasteiger partial charge is 0.469 e. The Balaban J connectivity index is 1.67. The molecule has 0 bridgehead atoms. The Morgan fingerprint density at radius 3 is 2.53 bits per heavy atom. The lowest BCUT2D eigenvalue weighted by Gasteiger charge is -2.10. The van der Waals surface area contributed by atoms with Crippen molar-refractivity contribution in [2.75, 3.05) is 10.6 Å². The van der Waals surface area contributed by atoms with E-state index in [1.165, 1.54) is 24.5 Å². The minimum atomic E-state index is -0.669. The molecular formula is C20H19FN4O5. The SMILES string of the molecule is Cc1[nH]c(=O)[nH]c(=O)c1CCC(=O)Nc1ccc(F)c(NC(=O)c2ccoc2C)c1. The molecule has 2 aromatic heterocycles. The van der Waals surface area contributed by atoms with Crippen LogP contribution in [0.1, 0.15) is 33.8 Å². The van der Waals surface area contributed by atoms with Gasteiger partial charge in [-0.15, -0.1) is 0 Å². The van der Waals surface area contributed by atoms with E-state index >= 15 is 0 Å². The molecule has 0 saturated heterocycles. The number of aromatic amines is 2. The zero-order valence-electron chi connectivity index (χ0n) is 16.2. The zero-order chi connectivity index (χ0) is 21.8. The second-order valence-electron chi connectivity index (χ2n) is 6.60. The van der Waals surface area contributed by atoms with Crippen molar-refractivity contribution in [1.29, 1.82) is 0 Å². The van der Waals surface area contributed by atoms with Gasteiger partial charge in [-0.1, -0.05) is 0 Å². The molecule has 0 saturated carbocycles. The van der Waals surface area contributed by atoms with Crippen molar-refractivity contribution in [3.8, 4) is 0 Å². The summed E-state index contributed by atoms with van der Waals surface area (Å²) in [6.07, 6.45) is 1.42. The van der Waals surface area contributed by atoms with Crippen molar-refractivity contribution < 1.29 is 18.4 Å². The third-order valence-corrected chi connectivity index (χ3v) is 4.46. The number of furan rings is 1. The Labute approximate surface area is 169 Å². The number of hydrogen-bond donors (Lipinski definition) is 4. The van der Waals surface area contributed by atoms with Crippen LogP contribution in [-0.2, 0) is 11.2 Å². The zero-order valence-corrected chi connectivity index (χ0v) is 16.2. The molecule has 0 spiro atoms. The highest BCUT2D eigenvalue weighted by molar-refractivity contribution is 6.05. The Morgan fingerprint density at radius 1 is 1.10 bits per heavy atom. The predicted octanol–water partition coefficient (Wildman–Crippen LogP) is 2.24. The third-order valence-electron chi connectivity index (χ3n) is 4.46. The molecular weight excluding hydrogens is 395 g/mol. The maximum atomic E-state index is 14.1. The van der Waals surface area contributed by atoms with Gasteiger partial charge in [0.1, 0.15) is 11.6 Å². The molecule has 4 N–H and O–H groups in total. The molecule has 0 aliphatic rings. The first-order valence-corrected chi connectivity index (χ1v) is 9.01. The summed E-state index contributed by atoms with van der Waals surface area (Å²) in [7, 11) is 0. The standard InChI is InChI=1S/C20H19FN4O5/c1-10-13(18(27)25-20(29)22-10)4-6-17(26)23-12-3-5-15(21)16(9-12)24-19(28)14-7-8-30-11(14)2/h3,5,7-9H,4,6H2,1-2H3,(H,23,26)(H,24,28)(H2,22,25,27,29). The predicted molar refractivity (Wildman–Crippen MR) is 107 cm³/mol. The van der Waals surface area contributed by atoms with E-state index in [-0.39, 0.29) is 29.8 Å². The van der Waals surface area contributed by atoms with Crippen LogP contribution in [0, 0.1) is 19.7 Å². The summed E-state index contributed by atoms with van der Waals surface area (Å²) in [4.78, 5) is 52.1. The number of anilines is 2. The molecule has 0 atom stereocenters. The number of carbonyl (C=O) groups excluding carboxylic acids is 2. The molecule has 2 amide bonds. The third kappa shape index (κ3) is 4.72. The smallest absolute Gasteiger partial charge is 0.325 e. The van der Waals surface area contributed by atoms with Gasteiger partial charge in [-0.3, -0.25) is 19.4 Å². The summed E-state index contributed by atoms with van der Waals surface area (Å²) in [5.41, 5.74) is -0.0443. The Bertz CT molecular complexity index is 1220. The molecule has 156 valence electrons. The van der Waals surface area contributed by atoms with Gasteiger partial charge in [-0.05, 0) is 44.5 Å². The van der Waals surface area contributed by atoms with E-state index in [9.17, 15) is 23.6 Å². The summed E-state index contributed by atoms with van der Waals surface area (Å²) in [6.45, 7) is 3.18. The lowest BCUT2D eigenvalue weighted by atomic mass is 10.1. The number of H-pyrrole nitrogens is 2. The molecule has 9 nitrogen and oxygen atoms in total. The Kier molecular flexibility index (Phi) is 5.95. The molecule has 30 heavy (non-hydrogen) atoms. The maximum absolute atomic E-state index is 14.1. The lowest BCUT2D eigenvalue weighted by molar-refractivity contribution is -0.116. The van der Waals surface area contributed by atoms with E-state index in [1.807, 2.05) is 0 Å². The van der Waals surface area contributed by atoms with Gasteiger partial charge < -0.3 is 20.0 Å². The first-order valence-electron chi connectivity index (χ1n) is 9.01. The molecule has 0 aliphatic carbocycles. The normalized spacial score (nSPS) is 10.6. The fourth-order valence-electron chi connectivity index (χ4n) is 2.90. The van der Waals surface area contributed by atoms with Gasteiger partial charge in [0.05, 0.1) is 17.5 Å². The topological polar surface area (TPSA) is 137 Å². The fourth-order valence-corrected chi connectivity index (χ4v) is 2.90. The second-order valence-corrected chi connectivity index (χ2v) is 6.60. The van der Waals surface area contributed by atoms with Crippen molar-refractivity contribution in [1.82, 2.24) is 9.97 Å². The molecule has 0 aliphatic heterocycles. The van der Waals surface area contributed by atoms with Crippen LogP contribution in [0.3, 0.4) is 0 Å². The average Bonchev–Trinajstić information content (AvgIpc) is 3.09. The number of benzene rings is 1. The van der Waals surface area contributed by atoms with Gasteiger partial charge in [0.2, 0.25) is 5.91 Å². The Morgan fingerprint density at radius 2 is 1.87 bits per heavy atom. The number of amides is 2. The van der Waals surface area contributed by atoms with E-state index in [1.54, 1.807) is 13.8 Å². The van der Waals surface area contributed by atoms with E-state index < -0.39 is 28.9 Å². The Hall–Kier alpha value is -3.95. The van der Waals surface area contributed by atoms with Crippen LogP contribution < -0.4 is 21.9 Å². The summed E-state index contributed by atoms with van der Waals surface area (Å²) < 4.78 is 19.1. The summed E-state index contributed by atoms with van der Waals surface area (Å²) in [5.74, 6) is -1.24. The first kappa shape index (κ1) is 20.8.